The van der Waals surface area contributed by atoms with Crippen LogP contribution < -0.4 is 15.6 Å². The molecule has 5 nitrogen and oxygen atoms in total. The van der Waals surface area contributed by atoms with Crippen LogP contribution in [0.2, 0.25) is 0 Å². The quantitative estimate of drug-likeness (QED) is 0.628. The molecule has 3 rings (SSSR count). The number of methoxy groups -OCH3 is 1. The van der Waals surface area contributed by atoms with E-state index >= 15 is 0 Å². The summed E-state index contributed by atoms with van der Waals surface area (Å²) in [6, 6.07) is 13.4. The highest BCUT2D eigenvalue weighted by molar-refractivity contribution is 5.97. The SMILES string of the molecule is COc1ccc(CCCCNC(=O)c2cc3ccc(F)cc3[nH]c2=O)cc1. The van der Waals surface area contributed by atoms with Crippen molar-refractivity contribution in [2.24, 2.45) is 0 Å². The molecule has 0 fully saturated rings. The average Bonchev–Trinajstić information content (AvgIpc) is 2.67. The molecule has 0 saturated carbocycles. The minimum atomic E-state index is -0.524. The number of H-pyrrole nitrogens is 1. The third-order valence-corrected chi connectivity index (χ3v) is 4.39. The number of aryl methyl sites for hydroxylation is 1. The first-order chi connectivity index (χ1) is 13.1. The summed E-state index contributed by atoms with van der Waals surface area (Å²) >= 11 is 0. The molecule has 140 valence electrons. The Balaban J connectivity index is 1.51. The Morgan fingerprint density at radius 3 is 2.63 bits per heavy atom. The summed E-state index contributed by atoms with van der Waals surface area (Å²) in [4.78, 5) is 26.9. The first-order valence-corrected chi connectivity index (χ1v) is 8.80. The minimum Gasteiger partial charge on any atom is -0.497 e. The highest BCUT2D eigenvalue weighted by Crippen LogP contribution is 2.14. The van der Waals surface area contributed by atoms with Gasteiger partial charge < -0.3 is 15.0 Å². The standard InChI is InChI=1S/C21H21FN2O3/c1-27-17-9-5-14(6-10-17)4-2-3-11-23-20(25)18-12-15-7-8-16(22)13-19(15)24-21(18)26/h5-10,12-13H,2-4,11H2,1H3,(H,23,25)(H,24,26). The number of ether oxygens (including phenoxy) is 1. The van der Waals surface area contributed by atoms with Gasteiger partial charge in [-0.15, -0.1) is 0 Å². The van der Waals surface area contributed by atoms with Gasteiger partial charge in [-0.3, -0.25) is 9.59 Å². The number of nitrogens with one attached hydrogen (secondary N) is 2. The zero-order valence-corrected chi connectivity index (χ0v) is 15.0. The van der Waals surface area contributed by atoms with Gasteiger partial charge in [0, 0.05) is 6.54 Å². The second kappa shape index (κ2) is 8.49. The molecule has 0 bridgehead atoms. The van der Waals surface area contributed by atoms with Crippen molar-refractivity contribution in [2.45, 2.75) is 19.3 Å². The average molecular weight is 368 g/mol. The maximum Gasteiger partial charge on any atom is 0.261 e. The number of pyridine rings is 1. The number of benzene rings is 2. The summed E-state index contributed by atoms with van der Waals surface area (Å²) in [6.07, 6.45) is 2.62. The molecule has 3 aromatic rings. The van der Waals surface area contributed by atoms with E-state index in [1.165, 1.54) is 29.8 Å². The number of halogens is 1. The van der Waals surface area contributed by atoms with Crippen molar-refractivity contribution in [3.63, 3.8) is 0 Å². The fraction of sp³-hybridized carbons (Fsp3) is 0.238. The fourth-order valence-electron chi connectivity index (χ4n) is 2.89. The summed E-state index contributed by atoms with van der Waals surface area (Å²) in [5.41, 5.74) is 1.09. The molecule has 1 amide bonds. The third kappa shape index (κ3) is 4.73. The Morgan fingerprint density at radius 2 is 1.89 bits per heavy atom. The van der Waals surface area contributed by atoms with Gasteiger partial charge in [0.1, 0.15) is 17.1 Å². The lowest BCUT2D eigenvalue weighted by Gasteiger charge is -2.07. The zero-order valence-electron chi connectivity index (χ0n) is 15.0. The second-order valence-electron chi connectivity index (χ2n) is 6.30. The zero-order chi connectivity index (χ0) is 19.2. The van der Waals surface area contributed by atoms with E-state index in [9.17, 15) is 14.0 Å². The number of hydrogen-bond donors (Lipinski definition) is 2. The largest absolute Gasteiger partial charge is 0.497 e. The molecule has 0 aliphatic rings. The summed E-state index contributed by atoms with van der Waals surface area (Å²) in [7, 11) is 1.64. The molecule has 0 unspecified atom stereocenters. The Labute approximate surface area is 156 Å². The van der Waals surface area contributed by atoms with Crippen LogP contribution in [0.1, 0.15) is 28.8 Å². The first-order valence-electron chi connectivity index (χ1n) is 8.80. The van der Waals surface area contributed by atoms with Crippen LogP contribution in [0.5, 0.6) is 5.75 Å². The van der Waals surface area contributed by atoms with Gasteiger partial charge in [-0.05, 0) is 66.6 Å². The van der Waals surface area contributed by atoms with Gasteiger partial charge in [0.25, 0.3) is 11.5 Å². The van der Waals surface area contributed by atoms with E-state index in [-0.39, 0.29) is 5.56 Å². The Bertz CT molecular complexity index is 996. The predicted octanol–water partition coefficient (Wildman–Crippen LogP) is 3.43. The molecule has 0 spiro atoms. The van der Waals surface area contributed by atoms with E-state index in [1.807, 2.05) is 24.3 Å². The molecule has 0 aliphatic carbocycles. The number of carbonyl (C=O) groups is 1. The maximum absolute atomic E-state index is 13.2. The van der Waals surface area contributed by atoms with Crippen molar-refractivity contribution in [2.75, 3.05) is 13.7 Å². The molecule has 2 N–H and O–H groups in total. The van der Waals surface area contributed by atoms with Crippen molar-refractivity contribution in [3.05, 3.63) is 75.8 Å². The minimum absolute atomic E-state index is 0.0317. The van der Waals surface area contributed by atoms with Gasteiger partial charge >= 0.3 is 0 Å². The van der Waals surface area contributed by atoms with Gasteiger partial charge in [-0.1, -0.05) is 12.1 Å². The van der Waals surface area contributed by atoms with Crippen LogP contribution in [0.4, 0.5) is 4.39 Å². The molecule has 6 heteroatoms. The number of aromatic nitrogens is 1. The lowest BCUT2D eigenvalue weighted by molar-refractivity contribution is 0.0951. The van der Waals surface area contributed by atoms with Crippen LogP contribution in [0.15, 0.2) is 53.3 Å². The highest BCUT2D eigenvalue weighted by atomic mass is 19.1. The lowest BCUT2D eigenvalue weighted by Crippen LogP contribution is -2.30. The van der Waals surface area contributed by atoms with Crippen molar-refractivity contribution in [1.82, 2.24) is 10.3 Å². The molecule has 1 aromatic heterocycles. The van der Waals surface area contributed by atoms with E-state index in [1.54, 1.807) is 7.11 Å². The Kier molecular flexibility index (Phi) is 5.86. The number of rotatable bonds is 7. The van der Waals surface area contributed by atoms with Crippen molar-refractivity contribution >= 4 is 16.8 Å². The summed E-state index contributed by atoms with van der Waals surface area (Å²) in [6.45, 7) is 0.482. The number of amides is 1. The van der Waals surface area contributed by atoms with Crippen LogP contribution in [0.25, 0.3) is 10.9 Å². The van der Waals surface area contributed by atoms with Crippen LogP contribution in [-0.2, 0) is 6.42 Å². The Morgan fingerprint density at radius 1 is 1.11 bits per heavy atom. The van der Waals surface area contributed by atoms with E-state index in [0.717, 1.165) is 25.0 Å². The van der Waals surface area contributed by atoms with Crippen molar-refractivity contribution < 1.29 is 13.9 Å². The molecule has 0 aliphatic heterocycles. The Hall–Kier alpha value is -3.15. The second-order valence-corrected chi connectivity index (χ2v) is 6.30. The molecule has 1 heterocycles. The molecule has 0 atom stereocenters. The number of fused-ring (bicyclic) bond motifs is 1. The van der Waals surface area contributed by atoms with E-state index in [4.69, 9.17) is 4.74 Å². The smallest absolute Gasteiger partial charge is 0.261 e. The normalized spacial score (nSPS) is 10.7. The van der Waals surface area contributed by atoms with Crippen LogP contribution >= 0.6 is 0 Å². The fourth-order valence-corrected chi connectivity index (χ4v) is 2.89. The monoisotopic (exact) mass is 368 g/mol. The van der Waals surface area contributed by atoms with Crippen LogP contribution in [-0.4, -0.2) is 24.5 Å². The molecule has 27 heavy (non-hydrogen) atoms. The van der Waals surface area contributed by atoms with Gasteiger partial charge in [-0.25, -0.2) is 4.39 Å². The predicted molar refractivity (Wildman–Crippen MR) is 103 cm³/mol. The number of unbranched alkanes of at least 4 members (excludes halogenated alkanes) is 1. The third-order valence-electron chi connectivity index (χ3n) is 4.39. The maximum atomic E-state index is 13.2. The van der Waals surface area contributed by atoms with Gasteiger partial charge in [0.05, 0.1) is 12.6 Å². The number of aromatic amines is 1. The molecule has 0 saturated heterocycles. The van der Waals surface area contributed by atoms with Gasteiger partial charge in [0.15, 0.2) is 0 Å². The molecular formula is C21H21FN2O3. The molecular weight excluding hydrogens is 347 g/mol. The van der Waals surface area contributed by atoms with E-state index < -0.39 is 17.3 Å². The van der Waals surface area contributed by atoms with Crippen molar-refractivity contribution in [3.8, 4) is 5.75 Å². The topological polar surface area (TPSA) is 71.2 Å². The first kappa shape index (κ1) is 18.6. The van der Waals surface area contributed by atoms with E-state index in [0.29, 0.717) is 17.4 Å². The summed E-state index contributed by atoms with van der Waals surface area (Å²) in [5, 5.41) is 3.38. The van der Waals surface area contributed by atoms with E-state index in [2.05, 4.69) is 10.3 Å². The highest BCUT2D eigenvalue weighted by Gasteiger charge is 2.11. The van der Waals surface area contributed by atoms with Crippen LogP contribution in [0, 0.1) is 5.82 Å². The summed E-state index contributed by atoms with van der Waals surface area (Å²) < 4.78 is 18.3. The molecule has 0 radical (unpaired) electrons. The van der Waals surface area contributed by atoms with Crippen molar-refractivity contribution in [1.29, 1.82) is 0 Å². The van der Waals surface area contributed by atoms with Gasteiger partial charge in [-0.2, -0.15) is 0 Å². The lowest BCUT2D eigenvalue weighted by atomic mass is 10.1. The summed E-state index contributed by atoms with van der Waals surface area (Å²) in [5.74, 6) is -0.0338. The number of carbonyl (C=O) groups excluding carboxylic acids is 1. The molecule has 2 aromatic carbocycles. The number of hydrogen-bond acceptors (Lipinski definition) is 3. The van der Waals surface area contributed by atoms with Gasteiger partial charge in [0.2, 0.25) is 0 Å². The van der Waals surface area contributed by atoms with Crippen LogP contribution in [0.3, 0.4) is 0 Å².